The molecule has 1 rings (SSSR count). The first-order valence-corrected chi connectivity index (χ1v) is 5.83. The van der Waals surface area contributed by atoms with Crippen LogP contribution in [0.15, 0.2) is 0 Å². The topological polar surface area (TPSA) is 53.6 Å². The van der Waals surface area contributed by atoms with Gasteiger partial charge in [0.25, 0.3) is 0 Å². The summed E-state index contributed by atoms with van der Waals surface area (Å²) in [4.78, 5) is 13.8. The van der Waals surface area contributed by atoms with E-state index in [0.29, 0.717) is 0 Å². The van der Waals surface area contributed by atoms with Crippen molar-refractivity contribution in [2.24, 2.45) is 0 Å². The van der Waals surface area contributed by atoms with Crippen molar-refractivity contribution in [3.63, 3.8) is 0 Å². The molecule has 1 heterocycles. The Morgan fingerprint density at radius 3 is 2.44 bits per heavy atom. The highest BCUT2D eigenvalue weighted by molar-refractivity contribution is 5.67. The van der Waals surface area contributed by atoms with Crippen LogP contribution in [0.5, 0.6) is 0 Å². The Bertz CT molecular complexity index is 232. The maximum atomic E-state index is 11.5. The summed E-state index contributed by atoms with van der Waals surface area (Å²) in [7, 11) is 0. The molecule has 1 aliphatic rings. The number of carbonyl (C=O) groups excluding carboxylic acids is 1. The number of hydrogen-bond acceptors (Lipinski definition) is 4. The summed E-state index contributed by atoms with van der Waals surface area (Å²) in [6.07, 6.45) is -0.324. The molecule has 0 spiro atoms. The van der Waals surface area contributed by atoms with Gasteiger partial charge in [0.2, 0.25) is 0 Å². The van der Waals surface area contributed by atoms with Gasteiger partial charge in [0, 0.05) is 26.2 Å². The van der Waals surface area contributed by atoms with Gasteiger partial charge in [0.05, 0.1) is 6.17 Å². The van der Waals surface area contributed by atoms with E-state index < -0.39 is 5.60 Å². The number of amides is 1. The molecule has 16 heavy (non-hydrogen) atoms. The van der Waals surface area contributed by atoms with Crippen LogP contribution in [0, 0.1) is 0 Å². The van der Waals surface area contributed by atoms with Crippen molar-refractivity contribution in [3.8, 4) is 0 Å². The Morgan fingerprint density at radius 2 is 1.94 bits per heavy atom. The van der Waals surface area contributed by atoms with E-state index in [0.717, 1.165) is 26.2 Å². The highest BCUT2D eigenvalue weighted by Crippen LogP contribution is 2.07. The largest absolute Gasteiger partial charge is 0.444 e. The van der Waals surface area contributed by atoms with Gasteiger partial charge in [-0.1, -0.05) is 0 Å². The van der Waals surface area contributed by atoms with Gasteiger partial charge in [-0.05, 0) is 27.7 Å². The Morgan fingerprint density at radius 1 is 1.38 bits per heavy atom. The molecule has 0 radical (unpaired) electrons. The number of nitrogens with one attached hydrogen (secondary N) is 2. The van der Waals surface area contributed by atoms with Crippen molar-refractivity contribution >= 4 is 6.09 Å². The van der Waals surface area contributed by atoms with E-state index in [1.54, 1.807) is 0 Å². The average Bonchev–Trinajstić information content (AvgIpc) is 2.16. The molecule has 1 saturated heterocycles. The summed E-state index contributed by atoms with van der Waals surface area (Å²) in [6.45, 7) is 11.4. The van der Waals surface area contributed by atoms with Crippen molar-refractivity contribution in [1.82, 2.24) is 15.5 Å². The van der Waals surface area contributed by atoms with Crippen LogP contribution >= 0.6 is 0 Å². The minimum absolute atomic E-state index is 0.0250. The van der Waals surface area contributed by atoms with Gasteiger partial charge >= 0.3 is 6.09 Å². The van der Waals surface area contributed by atoms with E-state index in [4.69, 9.17) is 4.74 Å². The third-order valence-corrected chi connectivity index (χ3v) is 2.42. The van der Waals surface area contributed by atoms with E-state index in [-0.39, 0.29) is 12.3 Å². The smallest absolute Gasteiger partial charge is 0.408 e. The van der Waals surface area contributed by atoms with Gasteiger partial charge in [-0.15, -0.1) is 0 Å². The Balaban J connectivity index is 2.32. The lowest BCUT2D eigenvalue weighted by molar-refractivity contribution is 0.0420. The summed E-state index contributed by atoms with van der Waals surface area (Å²) >= 11 is 0. The minimum Gasteiger partial charge on any atom is -0.444 e. The van der Waals surface area contributed by atoms with E-state index in [2.05, 4.69) is 15.5 Å². The summed E-state index contributed by atoms with van der Waals surface area (Å²) in [6, 6.07) is 0. The third-order valence-electron chi connectivity index (χ3n) is 2.42. The van der Waals surface area contributed by atoms with Gasteiger partial charge in [0.15, 0.2) is 0 Å². The van der Waals surface area contributed by atoms with Crippen LogP contribution in [0.25, 0.3) is 0 Å². The maximum absolute atomic E-state index is 11.5. The number of piperazine rings is 1. The summed E-state index contributed by atoms with van der Waals surface area (Å²) in [5, 5.41) is 6.12. The zero-order valence-corrected chi connectivity index (χ0v) is 10.7. The zero-order valence-electron chi connectivity index (χ0n) is 10.7. The fourth-order valence-corrected chi connectivity index (χ4v) is 1.64. The predicted octanol–water partition coefficient (Wildman–Crippen LogP) is 0.762. The van der Waals surface area contributed by atoms with Crippen LogP contribution in [0.2, 0.25) is 0 Å². The molecular weight excluding hydrogens is 206 g/mol. The lowest BCUT2D eigenvalue weighted by atomic mass is 10.2. The number of nitrogens with zero attached hydrogens (tertiary/aromatic N) is 1. The second-order valence-corrected chi connectivity index (χ2v) is 5.11. The van der Waals surface area contributed by atoms with E-state index >= 15 is 0 Å². The van der Waals surface area contributed by atoms with Gasteiger partial charge < -0.3 is 15.4 Å². The number of carbonyl (C=O) groups is 1. The van der Waals surface area contributed by atoms with Crippen molar-refractivity contribution in [1.29, 1.82) is 0 Å². The normalized spacial score (nSPS) is 20.2. The highest BCUT2D eigenvalue weighted by Gasteiger charge is 2.21. The van der Waals surface area contributed by atoms with Crippen molar-refractivity contribution < 1.29 is 9.53 Å². The Kier molecular flexibility index (Phi) is 4.56. The zero-order chi connectivity index (χ0) is 12.2. The molecule has 94 valence electrons. The standard InChI is InChI=1S/C11H23N3O2/c1-9(14-7-5-12-6-8-14)13-10(15)16-11(2,3)4/h9,12H,5-8H2,1-4H3,(H,13,15). The monoisotopic (exact) mass is 229 g/mol. The van der Waals surface area contributed by atoms with Gasteiger partial charge in [-0.2, -0.15) is 0 Å². The second kappa shape index (κ2) is 5.50. The van der Waals surface area contributed by atoms with Crippen LogP contribution in [0.1, 0.15) is 27.7 Å². The summed E-state index contributed by atoms with van der Waals surface area (Å²) in [5.74, 6) is 0. The molecule has 0 aliphatic carbocycles. The minimum atomic E-state index is -0.437. The van der Waals surface area contributed by atoms with Gasteiger partial charge in [-0.25, -0.2) is 4.79 Å². The first-order chi connectivity index (χ1) is 7.38. The predicted molar refractivity (Wildman–Crippen MR) is 63.3 cm³/mol. The number of alkyl carbamates (subject to hydrolysis) is 1. The second-order valence-electron chi connectivity index (χ2n) is 5.11. The fourth-order valence-electron chi connectivity index (χ4n) is 1.64. The molecule has 0 aromatic rings. The average molecular weight is 229 g/mol. The lowest BCUT2D eigenvalue weighted by Crippen LogP contribution is -2.54. The van der Waals surface area contributed by atoms with Crippen molar-refractivity contribution in [2.75, 3.05) is 26.2 Å². The molecule has 0 bridgehead atoms. The van der Waals surface area contributed by atoms with E-state index in [9.17, 15) is 4.79 Å². The first kappa shape index (κ1) is 13.3. The van der Waals surface area contributed by atoms with E-state index in [1.807, 2.05) is 27.7 Å². The lowest BCUT2D eigenvalue weighted by Gasteiger charge is -2.33. The summed E-state index contributed by atoms with van der Waals surface area (Å²) in [5.41, 5.74) is -0.437. The van der Waals surface area contributed by atoms with Crippen LogP contribution in [0.4, 0.5) is 4.79 Å². The van der Waals surface area contributed by atoms with Crippen molar-refractivity contribution in [3.05, 3.63) is 0 Å². The Labute approximate surface area is 97.5 Å². The molecular formula is C11H23N3O2. The summed E-state index contributed by atoms with van der Waals surface area (Å²) < 4.78 is 5.21. The van der Waals surface area contributed by atoms with Gasteiger partial charge in [-0.3, -0.25) is 4.90 Å². The van der Waals surface area contributed by atoms with Crippen LogP contribution in [-0.2, 0) is 4.74 Å². The van der Waals surface area contributed by atoms with Crippen LogP contribution in [-0.4, -0.2) is 48.9 Å². The van der Waals surface area contributed by atoms with Crippen molar-refractivity contribution in [2.45, 2.75) is 39.5 Å². The SMILES string of the molecule is CC(NC(=O)OC(C)(C)C)N1CCNCC1. The molecule has 5 heteroatoms. The number of hydrogen-bond donors (Lipinski definition) is 2. The molecule has 0 saturated carbocycles. The third kappa shape index (κ3) is 4.81. The molecule has 5 nitrogen and oxygen atoms in total. The highest BCUT2D eigenvalue weighted by atomic mass is 16.6. The molecule has 0 aromatic carbocycles. The number of ether oxygens (including phenoxy) is 1. The fraction of sp³-hybridized carbons (Fsp3) is 0.909. The van der Waals surface area contributed by atoms with Gasteiger partial charge in [0.1, 0.15) is 5.60 Å². The maximum Gasteiger partial charge on any atom is 0.408 e. The molecule has 1 atom stereocenters. The van der Waals surface area contributed by atoms with Crippen LogP contribution in [0.3, 0.4) is 0 Å². The quantitative estimate of drug-likeness (QED) is 0.734. The van der Waals surface area contributed by atoms with Crippen LogP contribution < -0.4 is 10.6 Å². The number of rotatable bonds is 2. The molecule has 1 unspecified atom stereocenters. The molecule has 2 N–H and O–H groups in total. The van der Waals surface area contributed by atoms with E-state index in [1.165, 1.54) is 0 Å². The Hall–Kier alpha value is -0.810. The molecule has 1 amide bonds. The first-order valence-electron chi connectivity index (χ1n) is 5.83. The molecule has 1 fully saturated rings. The molecule has 1 aliphatic heterocycles. The molecule has 0 aromatic heterocycles.